The lowest BCUT2D eigenvalue weighted by atomic mass is 10.2. The van der Waals surface area contributed by atoms with Gasteiger partial charge in [0, 0.05) is 26.2 Å². The second-order valence-electron chi connectivity index (χ2n) is 7.03. The molecule has 0 unspecified atom stereocenters. The van der Waals surface area contributed by atoms with Crippen molar-refractivity contribution in [2.24, 2.45) is 0 Å². The fourth-order valence-corrected chi connectivity index (χ4v) is 6.49. The first-order chi connectivity index (χ1) is 15.1. The van der Waals surface area contributed by atoms with Crippen LogP contribution in [0.1, 0.15) is 5.56 Å². The minimum atomic E-state index is -3.98. The number of nitriles is 1. The number of hydrogen-bond acceptors (Lipinski definition) is 7. The molecule has 0 atom stereocenters. The molecule has 2 aromatic carbocycles. The van der Waals surface area contributed by atoms with Crippen molar-refractivity contribution >= 4 is 31.1 Å². The molecule has 1 aliphatic rings. The van der Waals surface area contributed by atoms with E-state index < -0.39 is 31.2 Å². The normalized spacial score (nSPS) is 16.1. The predicted octanol–water partition coefficient (Wildman–Crippen LogP) is -0.217. The average molecular weight is 476 g/mol. The molecule has 1 fully saturated rings. The van der Waals surface area contributed by atoms with Crippen LogP contribution in [0.2, 0.25) is 0 Å². The second-order valence-corrected chi connectivity index (χ2v) is 10.9. The number of nitrogens with zero attached hydrogens (tertiary/aromatic N) is 3. The lowest BCUT2D eigenvalue weighted by Crippen LogP contribution is -2.50. The van der Waals surface area contributed by atoms with Gasteiger partial charge in [0.2, 0.25) is 20.0 Å². The van der Waals surface area contributed by atoms with Gasteiger partial charge in [0.15, 0.2) is 0 Å². The molecule has 1 aliphatic heterocycles. The van der Waals surface area contributed by atoms with Crippen molar-refractivity contribution in [2.45, 2.75) is 9.79 Å². The first kappa shape index (κ1) is 21.9. The zero-order valence-corrected chi connectivity index (χ0v) is 18.1. The van der Waals surface area contributed by atoms with Crippen LogP contribution in [0.15, 0.2) is 61.8 Å². The van der Waals surface area contributed by atoms with Gasteiger partial charge >= 0.3 is 11.1 Å². The number of piperazine rings is 1. The van der Waals surface area contributed by atoms with E-state index in [-0.39, 0.29) is 52.6 Å². The molecule has 0 spiro atoms. The summed E-state index contributed by atoms with van der Waals surface area (Å²) in [5, 5.41) is 9.20. The van der Waals surface area contributed by atoms with Crippen molar-refractivity contribution in [3.05, 3.63) is 68.7 Å². The maximum absolute atomic E-state index is 13.1. The lowest BCUT2D eigenvalue weighted by molar-refractivity contribution is 0.273. The Morgan fingerprint density at radius 2 is 1.34 bits per heavy atom. The van der Waals surface area contributed by atoms with Gasteiger partial charge in [0.05, 0.1) is 26.4 Å². The highest BCUT2D eigenvalue weighted by molar-refractivity contribution is 7.89. The summed E-state index contributed by atoms with van der Waals surface area (Å²) in [5.74, 6) is 0. The number of benzene rings is 2. The van der Waals surface area contributed by atoms with Gasteiger partial charge in [-0.1, -0.05) is 12.1 Å². The van der Waals surface area contributed by atoms with Crippen molar-refractivity contribution in [3.8, 4) is 6.07 Å². The Hall–Kier alpha value is -3.31. The number of aromatic nitrogens is 2. The van der Waals surface area contributed by atoms with E-state index in [9.17, 15) is 31.7 Å². The van der Waals surface area contributed by atoms with Gasteiger partial charge in [-0.15, -0.1) is 0 Å². The summed E-state index contributed by atoms with van der Waals surface area (Å²) in [6.07, 6.45) is 0. The van der Waals surface area contributed by atoms with E-state index in [0.717, 1.165) is 8.61 Å². The van der Waals surface area contributed by atoms with E-state index in [4.69, 9.17) is 0 Å². The molecule has 1 aromatic heterocycles. The average Bonchev–Trinajstić information content (AvgIpc) is 2.79. The highest BCUT2D eigenvalue weighted by Crippen LogP contribution is 2.24. The summed E-state index contributed by atoms with van der Waals surface area (Å²) in [5.41, 5.74) is -1.29. The van der Waals surface area contributed by atoms with Crippen LogP contribution in [0.25, 0.3) is 11.0 Å². The Morgan fingerprint density at radius 1 is 0.781 bits per heavy atom. The van der Waals surface area contributed by atoms with Crippen molar-refractivity contribution < 1.29 is 16.8 Å². The van der Waals surface area contributed by atoms with Crippen molar-refractivity contribution in [1.29, 1.82) is 5.26 Å². The monoisotopic (exact) mass is 475 g/mol. The second kappa shape index (κ2) is 7.99. The number of hydrogen-bond donors (Lipinski definition) is 2. The number of H-pyrrole nitrogens is 2. The molecule has 2 N–H and O–H groups in total. The first-order valence-electron chi connectivity index (χ1n) is 9.40. The number of aromatic amines is 2. The third kappa shape index (κ3) is 3.73. The quantitative estimate of drug-likeness (QED) is 0.493. The zero-order valence-electron chi connectivity index (χ0n) is 16.5. The molecular formula is C19H17N5O6S2. The summed E-state index contributed by atoms with van der Waals surface area (Å²) >= 11 is 0. The molecule has 3 aromatic rings. The van der Waals surface area contributed by atoms with Crippen LogP contribution in [-0.4, -0.2) is 61.6 Å². The Labute approximate surface area is 182 Å². The summed E-state index contributed by atoms with van der Waals surface area (Å²) in [4.78, 5) is 27.4. The summed E-state index contributed by atoms with van der Waals surface area (Å²) in [7, 11) is -7.94. The molecule has 32 heavy (non-hydrogen) atoms. The standard InChI is InChI=1S/C19H17N5O6S2/c20-12-13-3-1-2-4-17(13)32(29,30)24-9-7-23(8-10-24)31(27,28)14-5-6-15-16(11-14)22-19(26)18(25)21-15/h1-6,11H,7-10H2,(H,21,25)(H,22,26). The van der Waals surface area contributed by atoms with Crippen molar-refractivity contribution in [2.75, 3.05) is 26.2 Å². The molecular weight excluding hydrogens is 458 g/mol. The molecule has 4 rings (SSSR count). The maximum atomic E-state index is 13.1. The number of nitrogens with one attached hydrogen (secondary N) is 2. The largest absolute Gasteiger partial charge is 0.316 e. The van der Waals surface area contributed by atoms with Crippen LogP contribution < -0.4 is 11.1 Å². The van der Waals surface area contributed by atoms with Crippen LogP contribution in [0.5, 0.6) is 0 Å². The fourth-order valence-electron chi connectivity index (χ4n) is 3.48. The third-order valence-electron chi connectivity index (χ3n) is 5.15. The fraction of sp³-hybridized carbons (Fsp3) is 0.211. The minimum Gasteiger partial charge on any atom is -0.316 e. The van der Waals surface area contributed by atoms with Gasteiger partial charge < -0.3 is 9.97 Å². The molecule has 0 amide bonds. The van der Waals surface area contributed by atoms with Gasteiger partial charge in [0.1, 0.15) is 6.07 Å². The van der Waals surface area contributed by atoms with Gasteiger partial charge in [0.25, 0.3) is 0 Å². The Bertz CT molecular complexity index is 1580. The van der Waals surface area contributed by atoms with E-state index in [0.29, 0.717) is 0 Å². The molecule has 13 heteroatoms. The van der Waals surface area contributed by atoms with E-state index in [1.54, 1.807) is 6.07 Å². The SMILES string of the molecule is N#Cc1ccccc1S(=O)(=O)N1CCN(S(=O)(=O)c2ccc3[nH]c(=O)c(=O)[nH]c3c2)CC1. The Morgan fingerprint density at radius 3 is 1.97 bits per heavy atom. The Kier molecular flexibility index (Phi) is 5.47. The molecule has 166 valence electrons. The Balaban J connectivity index is 1.58. The van der Waals surface area contributed by atoms with Crippen LogP contribution in [0.3, 0.4) is 0 Å². The van der Waals surface area contributed by atoms with Gasteiger partial charge in [-0.25, -0.2) is 16.8 Å². The minimum absolute atomic E-state index is 0.0192. The summed E-state index contributed by atoms with van der Waals surface area (Å²) in [6.45, 7) is -0.342. The molecule has 11 nitrogen and oxygen atoms in total. The summed E-state index contributed by atoms with van der Waals surface area (Å²) < 4.78 is 54.3. The lowest BCUT2D eigenvalue weighted by Gasteiger charge is -2.33. The molecule has 0 bridgehead atoms. The first-order valence-corrected chi connectivity index (χ1v) is 12.3. The molecule has 1 saturated heterocycles. The van der Waals surface area contributed by atoms with E-state index in [1.807, 2.05) is 6.07 Å². The van der Waals surface area contributed by atoms with Crippen LogP contribution in [-0.2, 0) is 20.0 Å². The zero-order chi connectivity index (χ0) is 23.1. The van der Waals surface area contributed by atoms with Gasteiger partial charge in [-0.05, 0) is 30.3 Å². The van der Waals surface area contributed by atoms with Gasteiger partial charge in [-0.3, -0.25) is 9.59 Å². The number of fused-ring (bicyclic) bond motifs is 1. The van der Waals surface area contributed by atoms with Crippen LogP contribution in [0, 0.1) is 11.3 Å². The smallest absolute Gasteiger partial charge is 0.314 e. The molecule has 0 aliphatic carbocycles. The molecule has 0 saturated carbocycles. The van der Waals surface area contributed by atoms with Crippen molar-refractivity contribution in [1.82, 2.24) is 18.6 Å². The highest BCUT2D eigenvalue weighted by atomic mass is 32.2. The van der Waals surface area contributed by atoms with E-state index in [2.05, 4.69) is 9.97 Å². The number of sulfonamides is 2. The van der Waals surface area contributed by atoms with E-state index in [1.165, 1.54) is 36.4 Å². The topological polar surface area (TPSA) is 164 Å². The third-order valence-corrected chi connectivity index (χ3v) is 9.01. The maximum Gasteiger partial charge on any atom is 0.314 e. The molecule has 2 heterocycles. The predicted molar refractivity (Wildman–Crippen MR) is 114 cm³/mol. The van der Waals surface area contributed by atoms with E-state index >= 15 is 0 Å². The highest BCUT2D eigenvalue weighted by Gasteiger charge is 2.34. The number of rotatable bonds is 4. The summed E-state index contributed by atoms with van der Waals surface area (Å²) in [6, 6.07) is 11.6. The van der Waals surface area contributed by atoms with Gasteiger partial charge in [-0.2, -0.15) is 13.9 Å². The van der Waals surface area contributed by atoms with Crippen LogP contribution in [0.4, 0.5) is 0 Å². The van der Waals surface area contributed by atoms with Crippen LogP contribution >= 0.6 is 0 Å². The molecule has 0 radical (unpaired) electrons. The van der Waals surface area contributed by atoms with Crippen molar-refractivity contribution in [3.63, 3.8) is 0 Å².